The largest absolute Gasteiger partial charge is 0.345 e. The zero-order valence-corrected chi connectivity index (χ0v) is 15.7. The number of amides is 1. The van der Waals surface area contributed by atoms with Crippen molar-refractivity contribution in [3.8, 4) is 0 Å². The summed E-state index contributed by atoms with van der Waals surface area (Å²) in [5, 5.41) is 11.8. The minimum absolute atomic E-state index is 0.0489. The Balaban J connectivity index is 2.18. The minimum atomic E-state index is -3.65. The standard InChI is InChI=1S/C14H21N5O3S2/c1-5-6-12-16-17-14(23-12)15-13(20)11-7-10(8-19(11)4)24(21,22)18-9(2)3/h7-9,18H,5-6H2,1-4H3,(H,15,17,20). The molecule has 2 N–H and O–H groups in total. The van der Waals surface area contributed by atoms with Crippen LogP contribution < -0.4 is 10.0 Å². The molecule has 0 saturated carbocycles. The second-order valence-corrected chi connectivity index (χ2v) is 8.43. The van der Waals surface area contributed by atoms with E-state index in [4.69, 9.17) is 0 Å². The van der Waals surface area contributed by atoms with Gasteiger partial charge in [0, 0.05) is 25.7 Å². The molecule has 132 valence electrons. The smallest absolute Gasteiger partial charge is 0.274 e. The van der Waals surface area contributed by atoms with Crippen LogP contribution in [-0.2, 0) is 23.5 Å². The van der Waals surface area contributed by atoms with Crippen molar-refractivity contribution in [2.24, 2.45) is 7.05 Å². The van der Waals surface area contributed by atoms with Gasteiger partial charge in [0.15, 0.2) is 0 Å². The van der Waals surface area contributed by atoms with Crippen LogP contribution in [0.3, 0.4) is 0 Å². The van der Waals surface area contributed by atoms with Crippen LogP contribution in [0.2, 0.25) is 0 Å². The van der Waals surface area contributed by atoms with E-state index in [9.17, 15) is 13.2 Å². The van der Waals surface area contributed by atoms with Gasteiger partial charge in [0.05, 0.1) is 0 Å². The average molecular weight is 371 g/mol. The highest BCUT2D eigenvalue weighted by Gasteiger charge is 2.21. The molecule has 0 aromatic carbocycles. The molecule has 24 heavy (non-hydrogen) atoms. The topological polar surface area (TPSA) is 106 Å². The summed E-state index contributed by atoms with van der Waals surface area (Å²) in [6.07, 6.45) is 3.16. The highest BCUT2D eigenvalue weighted by Crippen LogP contribution is 2.19. The van der Waals surface area contributed by atoms with Crippen molar-refractivity contribution in [1.29, 1.82) is 0 Å². The summed E-state index contributed by atoms with van der Waals surface area (Å²) in [6.45, 7) is 5.51. The highest BCUT2D eigenvalue weighted by atomic mass is 32.2. The summed E-state index contributed by atoms with van der Waals surface area (Å²) in [6, 6.07) is 1.11. The number of anilines is 1. The predicted octanol–water partition coefficient (Wildman–Crippen LogP) is 1.77. The molecule has 1 amide bonds. The molecule has 0 fully saturated rings. The molecule has 0 saturated heterocycles. The zero-order valence-electron chi connectivity index (χ0n) is 14.0. The molecule has 2 aromatic heterocycles. The zero-order chi connectivity index (χ0) is 17.9. The van der Waals surface area contributed by atoms with Crippen molar-refractivity contribution in [3.63, 3.8) is 0 Å². The van der Waals surface area contributed by atoms with Gasteiger partial charge in [-0.05, 0) is 26.3 Å². The number of sulfonamides is 1. The first-order chi connectivity index (χ1) is 11.2. The van der Waals surface area contributed by atoms with Crippen LogP contribution in [0.4, 0.5) is 5.13 Å². The van der Waals surface area contributed by atoms with Crippen molar-refractivity contribution in [2.45, 2.75) is 44.6 Å². The van der Waals surface area contributed by atoms with Crippen LogP contribution in [0.5, 0.6) is 0 Å². The number of hydrogen-bond acceptors (Lipinski definition) is 6. The Morgan fingerprint density at radius 2 is 2.08 bits per heavy atom. The third-order valence-corrected chi connectivity index (χ3v) is 5.59. The average Bonchev–Trinajstić information content (AvgIpc) is 3.05. The first-order valence-corrected chi connectivity index (χ1v) is 9.85. The Kier molecular flexibility index (Phi) is 5.73. The number of nitrogens with one attached hydrogen (secondary N) is 2. The van der Waals surface area contributed by atoms with E-state index < -0.39 is 15.9 Å². The van der Waals surface area contributed by atoms with Gasteiger partial charge >= 0.3 is 0 Å². The third kappa shape index (κ3) is 4.40. The minimum Gasteiger partial charge on any atom is -0.345 e. The molecule has 0 spiro atoms. The number of aromatic nitrogens is 3. The van der Waals surface area contributed by atoms with Crippen molar-refractivity contribution < 1.29 is 13.2 Å². The van der Waals surface area contributed by atoms with Gasteiger partial charge in [-0.2, -0.15) is 0 Å². The quantitative estimate of drug-likeness (QED) is 0.771. The number of carbonyl (C=O) groups is 1. The Labute approximate surface area is 145 Å². The molecule has 2 aromatic rings. The fourth-order valence-corrected chi connectivity index (χ4v) is 4.22. The molecule has 8 nitrogen and oxygen atoms in total. The predicted molar refractivity (Wildman–Crippen MR) is 92.7 cm³/mol. The molecule has 0 aliphatic rings. The SMILES string of the molecule is CCCc1nnc(NC(=O)c2cc(S(=O)(=O)NC(C)C)cn2C)s1. The lowest BCUT2D eigenvalue weighted by Crippen LogP contribution is -2.29. The Morgan fingerprint density at radius 3 is 2.71 bits per heavy atom. The summed E-state index contributed by atoms with van der Waals surface area (Å²) in [4.78, 5) is 12.4. The first-order valence-electron chi connectivity index (χ1n) is 7.55. The van der Waals surface area contributed by atoms with E-state index in [0.29, 0.717) is 5.13 Å². The summed E-state index contributed by atoms with van der Waals surface area (Å²) >= 11 is 1.31. The molecule has 2 heterocycles. The summed E-state index contributed by atoms with van der Waals surface area (Å²) in [5.74, 6) is -0.428. The second kappa shape index (κ2) is 7.41. The van der Waals surface area contributed by atoms with Crippen LogP contribution >= 0.6 is 11.3 Å². The highest BCUT2D eigenvalue weighted by molar-refractivity contribution is 7.89. The molecule has 0 bridgehead atoms. The summed E-state index contributed by atoms with van der Waals surface area (Å²) in [5.41, 5.74) is 0.228. The second-order valence-electron chi connectivity index (χ2n) is 5.65. The number of hydrogen-bond donors (Lipinski definition) is 2. The van der Waals surface area contributed by atoms with Gasteiger partial charge in [-0.15, -0.1) is 10.2 Å². The molecule has 2 rings (SSSR count). The van der Waals surface area contributed by atoms with Crippen LogP contribution in [0, 0.1) is 0 Å². The Morgan fingerprint density at radius 1 is 1.38 bits per heavy atom. The first kappa shape index (κ1) is 18.6. The molecular weight excluding hydrogens is 350 g/mol. The van der Waals surface area contributed by atoms with Crippen LogP contribution in [0.25, 0.3) is 0 Å². The molecule has 0 atom stereocenters. The van der Waals surface area contributed by atoms with Gasteiger partial charge in [-0.25, -0.2) is 13.1 Å². The van der Waals surface area contributed by atoms with E-state index >= 15 is 0 Å². The van der Waals surface area contributed by atoms with E-state index in [0.717, 1.165) is 17.8 Å². The Hall–Kier alpha value is -1.78. The molecule has 10 heteroatoms. The molecule has 0 unspecified atom stereocenters. The Bertz CT molecular complexity index is 823. The monoisotopic (exact) mass is 371 g/mol. The van der Waals surface area contributed by atoms with Crippen molar-refractivity contribution in [2.75, 3.05) is 5.32 Å². The number of aryl methyl sites for hydroxylation is 2. The van der Waals surface area contributed by atoms with Gasteiger partial charge in [-0.1, -0.05) is 18.3 Å². The number of carbonyl (C=O) groups excluding carboxylic acids is 1. The van der Waals surface area contributed by atoms with Crippen LogP contribution in [-0.4, -0.2) is 35.1 Å². The lowest BCUT2D eigenvalue weighted by molar-refractivity contribution is 0.101. The fourth-order valence-electron chi connectivity index (χ4n) is 2.07. The van der Waals surface area contributed by atoms with E-state index in [1.807, 2.05) is 6.92 Å². The van der Waals surface area contributed by atoms with Gasteiger partial charge in [0.25, 0.3) is 5.91 Å². The number of nitrogens with zero attached hydrogens (tertiary/aromatic N) is 3. The maximum absolute atomic E-state index is 12.4. The summed E-state index contributed by atoms with van der Waals surface area (Å²) < 4.78 is 28.3. The normalized spacial score (nSPS) is 11.9. The lowest BCUT2D eigenvalue weighted by Gasteiger charge is -2.07. The molecule has 0 radical (unpaired) electrons. The van der Waals surface area contributed by atoms with E-state index in [2.05, 4.69) is 20.2 Å². The third-order valence-electron chi connectivity index (χ3n) is 3.06. The van der Waals surface area contributed by atoms with Crippen LogP contribution in [0.1, 0.15) is 42.7 Å². The summed E-state index contributed by atoms with van der Waals surface area (Å²) in [7, 11) is -2.03. The lowest BCUT2D eigenvalue weighted by atomic mass is 10.4. The van der Waals surface area contributed by atoms with E-state index in [1.165, 1.54) is 28.2 Å². The number of rotatable bonds is 7. The van der Waals surface area contributed by atoms with Crippen molar-refractivity contribution in [1.82, 2.24) is 19.5 Å². The van der Waals surface area contributed by atoms with Crippen molar-refractivity contribution >= 4 is 32.4 Å². The van der Waals surface area contributed by atoms with E-state index in [-0.39, 0.29) is 16.6 Å². The maximum Gasteiger partial charge on any atom is 0.274 e. The molecular formula is C14H21N5O3S2. The van der Waals surface area contributed by atoms with Gasteiger partial charge in [0.2, 0.25) is 15.2 Å². The molecule has 0 aliphatic heterocycles. The maximum atomic E-state index is 12.4. The fraction of sp³-hybridized carbons (Fsp3) is 0.500. The van der Waals surface area contributed by atoms with Crippen LogP contribution in [0.15, 0.2) is 17.2 Å². The van der Waals surface area contributed by atoms with Gasteiger partial charge in [-0.3, -0.25) is 10.1 Å². The van der Waals surface area contributed by atoms with Gasteiger partial charge < -0.3 is 4.57 Å². The van der Waals surface area contributed by atoms with E-state index in [1.54, 1.807) is 20.9 Å². The van der Waals surface area contributed by atoms with Crippen molar-refractivity contribution in [3.05, 3.63) is 23.0 Å². The molecule has 0 aliphatic carbocycles. The van der Waals surface area contributed by atoms with Gasteiger partial charge in [0.1, 0.15) is 15.6 Å².